The van der Waals surface area contributed by atoms with Crippen LogP contribution in [-0.2, 0) is 12.0 Å². The molecule has 0 atom stereocenters. The van der Waals surface area contributed by atoms with E-state index in [2.05, 4.69) is 17.1 Å². The molecule has 1 fully saturated rings. The minimum Gasteiger partial charge on any atom is -0.325 e. The first-order chi connectivity index (χ1) is 9.73. The van der Waals surface area contributed by atoms with Gasteiger partial charge in [0, 0.05) is 29.6 Å². The summed E-state index contributed by atoms with van der Waals surface area (Å²) in [5.41, 5.74) is 8.68. The van der Waals surface area contributed by atoms with Crippen LogP contribution in [0.4, 0.5) is 5.69 Å². The van der Waals surface area contributed by atoms with Crippen molar-refractivity contribution in [3.63, 3.8) is 0 Å². The van der Waals surface area contributed by atoms with E-state index in [1.54, 1.807) is 0 Å². The van der Waals surface area contributed by atoms with Gasteiger partial charge in [0.25, 0.3) is 5.91 Å². The molecule has 110 valence electrons. The van der Waals surface area contributed by atoms with Gasteiger partial charge in [0.05, 0.1) is 0 Å². The van der Waals surface area contributed by atoms with Gasteiger partial charge in [-0.25, -0.2) is 4.98 Å². The van der Waals surface area contributed by atoms with E-state index in [0.29, 0.717) is 12.2 Å². The summed E-state index contributed by atoms with van der Waals surface area (Å²) < 4.78 is 0. The number of carbonyl (C=O) groups excluding carboxylic acids is 1. The van der Waals surface area contributed by atoms with Crippen LogP contribution < -0.4 is 10.6 Å². The third-order valence-electron chi connectivity index (χ3n) is 4.27. The lowest BCUT2D eigenvalue weighted by Crippen LogP contribution is -2.31. The van der Waals surface area contributed by atoms with Crippen molar-refractivity contribution < 1.29 is 4.79 Å². The van der Waals surface area contributed by atoms with Crippen LogP contribution >= 0.6 is 23.7 Å². The quantitative estimate of drug-likeness (QED) is 0.925. The molecule has 2 heterocycles. The molecule has 2 N–H and O–H groups in total. The summed E-state index contributed by atoms with van der Waals surface area (Å²) in [7, 11) is 0. The Bertz CT molecular complexity index is 696. The van der Waals surface area contributed by atoms with E-state index in [9.17, 15) is 4.79 Å². The average molecular weight is 322 g/mol. The van der Waals surface area contributed by atoms with E-state index < -0.39 is 0 Å². The highest BCUT2D eigenvalue weighted by Crippen LogP contribution is 2.56. The monoisotopic (exact) mass is 321 g/mol. The maximum atomic E-state index is 12.7. The molecule has 1 aliphatic carbocycles. The van der Waals surface area contributed by atoms with Crippen LogP contribution in [0.3, 0.4) is 0 Å². The number of nitrogens with zero attached hydrogens (tertiary/aromatic N) is 2. The number of para-hydroxylation sites is 1. The van der Waals surface area contributed by atoms with Crippen LogP contribution in [0, 0.1) is 0 Å². The lowest BCUT2D eigenvalue weighted by atomic mass is 9.99. The summed E-state index contributed by atoms with van der Waals surface area (Å²) in [6, 6.07) is 8.24. The van der Waals surface area contributed by atoms with Crippen LogP contribution in [0.25, 0.3) is 0 Å². The van der Waals surface area contributed by atoms with Gasteiger partial charge in [0.2, 0.25) is 0 Å². The van der Waals surface area contributed by atoms with Gasteiger partial charge in [-0.15, -0.1) is 23.7 Å². The molecule has 0 bridgehead atoms. The van der Waals surface area contributed by atoms with E-state index >= 15 is 0 Å². The van der Waals surface area contributed by atoms with Crippen LogP contribution in [-0.4, -0.2) is 17.4 Å². The second-order valence-electron chi connectivity index (χ2n) is 5.52. The van der Waals surface area contributed by atoms with Gasteiger partial charge in [-0.3, -0.25) is 4.79 Å². The molecular formula is C15H16ClN3OS. The zero-order valence-corrected chi connectivity index (χ0v) is 13.0. The van der Waals surface area contributed by atoms with Crippen molar-refractivity contribution in [3.8, 4) is 0 Å². The number of nitrogens with two attached hydrogens (primary N) is 1. The molecule has 4 nitrogen and oxygen atoms in total. The summed E-state index contributed by atoms with van der Waals surface area (Å²) in [6.07, 6.45) is 2.36. The first-order valence-corrected chi connectivity index (χ1v) is 7.67. The molecule has 2 aromatic rings. The topological polar surface area (TPSA) is 59.2 Å². The number of thiazole rings is 1. The predicted molar refractivity (Wildman–Crippen MR) is 86.3 cm³/mol. The fraction of sp³-hybridized carbons (Fsp3) is 0.333. The molecule has 1 spiro atoms. The SMILES string of the molecule is Cl.NCc1nc(C(=O)N2CC3(CC3)c3ccccc32)cs1. The van der Waals surface area contributed by atoms with Crippen LogP contribution in [0.15, 0.2) is 29.6 Å². The molecule has 6 heteroatoms. The van der Waals surface area contributed by atoms with Crippen LogP contribution in [0.5, 0.6) is 0 Å². The lowest BCUT2D eigenvalue weighted by Gasteiger charge is -2.16. The molecule has 1 aromatic carbocycles. The van der Waals surface area contributed by atoms with Gasteiger partial charge in [-0.1, -0.05) is 18.2 Å². The highest BCUT2D eigenvalue weighted by atomic mass is 35.5. The zero-order chi connectivity index (χ0) is 13.7. The molecule has 0 radical (unpaired) electrons. The van der Waals surface area contributed by atoms with Crippen molar-refractivity contribution in [3.05, 3.63) is 45.9 Å². The highest BCUT2D eigenvalue weighted by molar-refractivity contribution is 7.09. The number of anilines is 1. The van der Waals surface area contributed by atoms with Gasteiger partial charge in [-0.05, 0) is 24.5 Å². The summed E-state index contributed by atoms with van der Waals surface area (Å²) in [4.78, 5) is 18.9. The summed E-state index contributed by atoms with van der Waals surface area (Å²) in [5.74, 6) is -0.00262. The first kappa shape index (κ1) is 14.5. The molecule has 1 aliphatic heterocycles. The Morgan fingerprint density at radius 3 is 2.81 bits per heavy atom. The first-order valence-electron chi connectivity index (χ1n) is 6.79. The van der Waals surface area contributed by atoms with Gasteiger partial charge in [0.1, 0.15) is 10.7 Å². The van der Waals surface area contributed by atoms with Crippen LogP contribution in [0.1, 0.15) is 33.9 Å². The number of hydrogen-bond acceptors (Lipinski definition) is 4. The highest BCUT2D eigenvalue weighted by Gasteiger charge is 2.52. The Kier molecular flexibility index (Phi) is 3.51. The Morgan fingerprint density at radius 1 is 1.38 bits per heavy atom. The number of carbonyl (C=O) groups is 1. The van der Waals surface area contributed by atoms with Crippen molar-refractivity contribution in [1.29, 1.82) is 0 Å². The summed E-state index contributed by atoms with van der Waals surface area (Å²) in [6.45, 7) is 1.18. The third kappa shape index (κ3) is 2.16. The average Bonchev–Trinajstić information content (AvgIpc) is 2.98. The van der Waals surface area contributed by atoms with Crippen molar-refractivity contribution in [2.45, 2.75) is 24.8 Å². The summed E-state index contributed by atoms with van der Waals surface area (Å²) in [5, 5.41) is 2.62. The molecule has 4 rings (SSSR count). The predicted octanol–water partition coefficient (Wildman–Crippen LogP) is 2.72. The molecule has 1 saturated carbocycles. The van der Waals surface area contributed by atoms with Crippen molar-refractivity contribution in [2.24, 2.45) is 5.73 Å². The maximum absolute atomic E-state index is 12.7. The van der Waals surface area contributed by atoms with Crippen molar-refractivity contribution >= 4 is 35.3 Å². The Hall–Kier alpha value is -1.43. The van der Waals surface area contributed by atoms with E-state index in [0.717, 1.165) is 17.2 Å². The molecular weight excluding hydrogens is 306 g/mol. The normalized spacial score (nSPS) is 17.5. The number of hydrogen-bond donors (Lipinski definition) is 1. The number of amides is 1. The Morgan fingerprint density at radius 2 is 2.14 bits per heavy atom. The zero-order valence-electron chi connectivity index (χ0n) is 11.4. The third-order valence-corrected chi connectivity index (χ3v) is 5.14. The van der Waals surface area contributed by atoms with Gasteiger partial charge >= 0.3 is 0 Å². The van der Waals surface area contributed by atoms with E-state index in [-0.39, 0.29) is 23.7 Å². The van der Waals surface area contributed by atoms with E-state index in [1.165, 1.54) is 29.7 Å². The second kappa shape index (κ2) is 5.09. The second-order valence-corrected chi connectivity index (χ2v) is 6.46. The molecule has 0 saturated heterocycles. The summed E-state index contributed by atoms with van der Waals surface area (Å²) >= 11 is 1.45. The van der Waals surface area contributed by atoms with Gasteiger partial charge in [0.15, 0.2) is 0 Å². The number of rotatable bonds is 2. The largest absolute Gasteiger partial charge is 0.325 e. The van der Waals surface area contributed by atoms with Crippen LogP contribution in [0.2, 0.25) is 0 Å². The lowest BCUT2D eigenvalue weighted by molar-refractivity contribution is 0.0983. The number of benzene rings is 1. The smallest absolute Gasteiger partial charge is 0.277 e. The van der Waals surface area contributed by atoms with E-state index in [4.69, 9.17) is 5.73 Å². The molecule has 1 aromatic heterocycles. The van der Waals surface area contributed by atoms with Gasteiger partial charge < -0.3 is 10.6 Å². The Labute approximate surface area is 133 Å². The molecule has 21 heavy (non-hydrogen) atoms. The fourth-order valence-electron chi connectivity index (χ4n) is 3.03. The van der Waals surface area contributed by atoms with Crippen molar-refractivity contribution in [1.82, 2.24) is 4.98 Å². The fourth-order valence-corrected chi connectivity index (χ4v) is 3.68. The molecule has 2 aliphatic rings. The van der Waals surface area contributed by atoms with Gasteiger partial charge in [-0.2, -0.15) is 0 Å². The number of aromatic nitrogens is 1. The van der Waals surface area contributed by atoms with E-state index in [1.807, 2.05) is 22.4 Å². The Balaban J connectivity index is 0.00000132. The molecule has 0 unspecified atom stereocenters. The number of fused-ring (bicyclic) bond motifs is 2. The number of halogens is 1. The minimum absolute atomic E-state index is 0. The molecule has 1 amide bonds. The minimum atomic E-state index is -0.00262. The maximum Gasteiger partial charge on any atom is 0.277 e. The standard InChI is InChI=1S/C15H15N3OS.ClH/c16-7-13-17-11(8-20-13)14(19)18-9-15(5-6-15)10-3-1-2-4-12(10)18;/h1-4,8H,5-7,9,16H2;1H. The van der Waals surface area contributed by atoms with Crippen molar-refractivity contribution in [2.75, 3.05) is 11.4 Å².